The highest BCUT2D eigenvalue weighted by atomic mass is 32.2. The van der Waals surface area contributed by atoms with Gasteiger partial charge >= 0.3 is 0 Å². The molecule has 0 aliphatic carbocycles. The molecule has 0 radical (unpaired) electrons. The number of anilines is 1. The molecule has 0 aliphatic rings. The molecule has 10 heteroatoms. The zero-order valence-electron chi connectivity index (χ0n) is 26.5. The van der Waals surface area contributed by atoms with Crippen LogP contribution in [-0.2, 0) is 32.6 Å². The summed E-state index contributed by atoms with van der Waals surface area (Å²) in [5.74, 6) is -1.14. The quantitative estimate of drug-likeness (QED) is 0.185. The standard InChI is InChI=1S/C36H40FN3O5S/c1-5-27(3)38-36(42)34(23-28-11-7-6-8-12-28)39(24-29-13-9-10-14-33(29)37)35(41)25-40(30-17-15-26(2)16-18-30)46(43,44)32-21-19-31(45-4)20-22-32/h6-22,27,34H,5,23-25H2,1-4H3,(H,38,42). The van der Waals surface area contributed by atoms with Crippen LogP contribution in [0.5, 0.6) is 5.75 Å². The molecule has 0 bridgehead atoms. The van der Waals surface area contributed by atoms with Crippen molar-refractivity contribution in [1.82, 2.24) is 10.2 Å². The van der Waals surface area contributed by atoms with Crippen LogP contribution in [0.1, 0.15) is 37.0 Å². The first-order chi connectivity index (χ1) is 22.0. The van der Waals surface area contributed by atoms with Crippen LogP contribution in [0.15, 0.2) is 108 Å². The molecule has 0 spiro atoms. The molecule has 2 unspecified atom stereocenters. The van der Waals surface area contributed by atoms with E-state index in [0.29, 0.717) is 12.2 Å². The van der Waals surface area contributed by atoms with Gasteiger partial charge in [0.25, 0.3) is 10.0 Å². The molecule has 8 nitrogen and oxygen atoms in total. The number of methoxy groups -OCH3 is 1. The van der Waals surface area contributed by atoms with Gasteiger partial charge in [-0.3, -0.25) is 13.9 Å². The third kappa shape index (κ3) is 8.51. The second-order valence-corrected chi connectivity index (χ2v) is 13.0. The number of halogens is 1. The molecule has 4 aromatic carbocycles. The van der Waals surface area contributed by atoms with E-state index in [2.05, 4.69) is 5.32 Å². The van der Waals surface area contributed by atoms with E-state index >= 15 is 4.39 Å². The fourth-order valence-corrected chi connectivity index (χ4v) is 6.33. The van der Waals surface area contributed by atoms with E-state index in [0.717, 1.165) is 15.4 Å². The Morgan fingerprint density at radius 1 is 0.891 bits per heavy atom. The van der Waals surface area contributed by atoms with Gasteiger partial charge < -0.3 is 15.0 Å². The van der Waals surface area contributed by atoms with Crippen molar-refractivity contribution in [3.8, 4) is 5.75 Å². The van der Waals surface area contributed by atoms with Gasteiger partial charge in [-0.15, -0.1) is 0 Å². The van der Waals surface area contributed by atoms with Crippen molar-refractivity contribution >= 4 is 27.5 Å². The fraction of sp³-hybridized carbons (Fsp3) is 0.278. The normalized spacial score (nSPS) is 12.5. The average molecular weight is 646 g/mol. The van der Waals surface area contributed by atoms with E-state index < -0.39 is 40.2 Å². The van der Waals surface area contributed by atoms with Crippen LogP contribution in [0.2, 0.25) is 0 Å². The topological polar surface area (TPSA) is 96.0 Å². The zero-order chi connectivity index (χ0) is 33.3. The minimum absolute atomic E-state index is 0.0438. The van der Waals surface area contributed by atoms with Crippen LogP contribution in [0.3, 0.4) is 0 Å². The summed E-state index contributed by atoms with van der Waals surface area (Å²) in [5.41, 5.74) is 2.16. The monoisotopic (exact) mass is 645 g/mol. The predicted octanol–water partition coefficient (Wildman–Crippen LogP) is 5.89. The molecule has 0 saturated heterocycles. The van der Waals surface area contributed by atoms with Gasteiger partial charge in [-0.25, -0.2) is 12.8 Å². The van der Waals surface area contributed by atoms with E-state index in [-0.39, 0.29) is 35.2 Å². The summed E-state index contributed by atoms with van der Waals surface area (Å²) >= 11 is 0. The summed E-state index contributed by atoms with van der Waals surface area (Å²) in [6.07, 6.45) is 0.797. The van der Waals surface area contributed by atoms with Crippen molar-refractivity contribution in [3.05, 3.63) is 126 Å². The largest absolute Gasteiger partial charge is 0.497 e. The molecule has 0 aliphatic heterocycles. The second-order valence-electron chi connectivity index (χ2n) is 11.2. The lowest BCUT2D eigenvalue weighted by Gasteiger charge is -2.34. The molecule has 242 valence electrons. The van der Waals surface area contributed by atoms with Gasteiger partial charge in [0.2, 0.25) is 11.8 Å². The van der Waals surface area contributed by atoms with E-state index in [1.165, 1.54) is 42.3 Å². The predicted molar refractivity (Wildman–Crippen MR) is 177 cm³/mol. The Bertz CT molecular complexity index is 1720. The van der Waals surface area contributed by atoms with Crippen LogP contribution < -0.4 is 14.4 Å². The Balaban J connectivity index is 1.81. The van der Waals surface area contributed by atoms with Crippen LogP contribution in [0, 0.1) is 12.7 Å². The molecule has 0 aromatic heterocycles. The van der Waals surface area contributed by atoms with Crippen LogP contribution in [0.25, 0.3) is 0 Å². The van der Waals surface area contributed by atoms with Gasteiger partial charge in [0, 0.05) is 24.6 Å². The SMILES string of the molecule is CCC(C)NC(=O)C(Cc1ccccc1)N(Cc1ccccc1F)C(=O)CN(c1ccc(C)cc1)S(=O)(=O)c1ccc(OC)cc1. The molecule has 46 heavy (non-hydrogen) atoms. The summed E-state index contributed by atoms with van der Waals surface area (Å²) in [7, 11) is -2.79. The van der Waals surface area contributed by atoms with Crippen molar-refractivity contribution in [3.63, 3.8) is 0 Å². The summed E-state index contributed by atoms with van der Waals surface area (Å²) in [4.78, 5) is 29.6. The number of hydrogen-bond acceptors (Lipinski definition) is 5. The highest BCUT2D eigenvalue weighted by Gasteiger charge is 2.35. The number of sulfonamides is 1. The number of benzene rings is 4. The van der Waals surface area contributed by atoms with Gasteiger partial charge in [-0.1, -0.05) is 73.2 Å². The Labute approximate surface area is 270 Å². The number of carbonyl (C=O) groups is 2. The number of amides is 2. The second kappa shape index (κ2) is 15.5. The number of carbonyl (C=O) groups excluding carboxylic acids is 2. The van der Waals surface area contributed by atoms with Gasteiger partial charge in [0.05, 0.1) is 17.7 Å². The maximum Gasteiger partial charge on any atom is 0.264 e. The minimum Gasteiger partial charge on any atom is -0.497 e. The Hall–Kier alpha value is -4.70. The van der Waals surface area contributed by atoms with Gasteiger partial charge in [0.1, 0.15) is 24.2 Å². The molecular weight excluding hydrogens is 605 g/mol. The molecular formula is C36H40FN3O5S. The third-order valence-corrected chi connectivity index (χ3v) is 9.61. The summed E-state index contributed by atoms with van der Waals surface area (Å²) in [5, 5.41) is 2.97. The molecule has 2 atom stereocenters. The molecule has 0 fully saturated rings. The van der Waals surface area contributed by atoms with E-state index in [1.807, 2.05) is 51.1 Å². The summed E-state index contributed by atoms with van der Waals surface area (Å²) < 4.78 is 49.6. The number of hydrogen-bond donors (Lipinski definition) is 1. The first-order valence-electron chi connectivity index (χ1n) is 15.1. The van der Waals surface area contributed by atoms with Crippen LogP contribution in [0.4, 0.5) is 10.1 Å². The van der Waals surface area contributed by atoms with Crippen molar-refractivity contribution < 1.29 is 27.1 Å². The van der Waals surface area contributed by atoms with Crippen LogP contribution >= 0.6 is 0 Å². The summed E-state index contributed by atoms with van der Waals surface area (Å²) in [6, 6.07) is 26.7. The number of aryl methyl sites for hydroxylation is 1. The van der Waals surface area contributed by atoms with Crippen LogP contribution in [-0.4, -0.2) is 50.9 Å². The number of nitrogens with zero attached hydrogens (tertiary/aromatic N) is 2. The number of ether oxygens (including phenoxy) is 1. The molecule has 2 amide bonds. The molecule has 4 aromatic rings. The number of nitrogens with one attached hydrogen (secondary N) is 1. The van der Waals surface area contributed by atoms with Gasteiger partial charge in [0.15, 0.2) is 0 Å². The smallest absolute Gasteiger partial charge is 0.264 e. The highest BCUT2D eigenvalue weighted by Crippen LogP contribution is 2.27. The Morgan fingerprint density at radius 3 is 2.13 bits per heavy atom. The molecule has 0 heterocycles. The molecule has 4 rings (SSSR count). The van der Waals surface area contributed by atoms with Crippen molar-refractivity contribution in [2.75, 3.05) is 18.0 Å². The first kappa shape index (κ1) is 34.2. The highest BCUT2D eigenvalue weighted by molar-refractivity contribution is 7.92. The minimum atomic E-state index is -4.27. The Morgan fingerprint density at radius 2 is 1.52 bits per heavy atom. The average Bonchev–Trinajstić information content (AvgIpc) is 3.06. The van der Waals surface area contributed by atoms with Gasteiger partial charge in [-0.2, -0.15) is 0 Å². The third-order valence-electron chi connectivity index (χ3n) is 7.82. The maximum absolute atomic E-state index is 15.1. The lowest BCUT2D eigenvalue weighted by atomic mass is 10.0. The molecule has 0 saturated carbocycles. The maximum atomic E-state index is 15.1. The summed E-state index contributed by atoms with van der Waals surface area (Å²) in [6.45, 7) is 4.79. The van der Waals surface area contributed by atoms with Crippen molar-refractivity contribution in [2.24, 2.45) is 0 Å². The lowest BCUT2D eigenvalue weighted by Crippen LogP contribution is -2.54. The fourth-order valence-electron chi connectivity index (χ4n) is 4.92. The lowest BCUT2D eigenvalue weighted by molar-refractivity contribution is -0.140. The van der Waals surface area contributed by atoms with Crippen molar-refractivity contribution in [1.29, 1.82) is 0 Å². The van der Waals surface area contributed by atoms with Crippen molar-refractivity contribution in [2.45, 2.75) is 57.1 Å². The van der Waals surface area contributed by atoms with E-state index in [1.54, 1.807) is 42.5 Å². The zero-order valence-corrected chi connectivity index (χ0v) is 27.3. The first-order valence-corrected chi connectivity index (χ1v) is 16.6. The number of rotatable bonds is 14. The Kier molecular flexibility index (Phi) is 11.5. The molecule has 1 N–H and O–H groups in total. The van der Waals surface area contributed by atoms with E-state index in [4.69, 9.17) is 4.74 Å². The van der Waals surface area contributed by atoms with Gasteiger partial charge in [-0.05, 0) is 68.3 Å². The van der Waals surface area contributed by atoms with E-state index in [9.17, 15) is 18.0 Å².